The van der Waals surface area contributed by atoms with Crippen LogP contribution in [0.15, 0.2) is 77.7 Å². The number of carbonyl (C=O) groups excluding carboxylic acids is 1. The van der Waals surface area contributed by atoms with Crippen LogP contribution in [0, 0.1) is 6.92 Å². The van der Waals surface area contributed by atoms with Gasteiger partial charge in [0.25, 0.3) is 5.91 Å². The number of carbonyl (C=O) groups is 1. The Hall–Kier alpha value is -4.47. The van der Waals surface area contributed by atoms with E-state index in [9.17, 15) is 18.0 Å². The SMILES string of the molecule is CC1=CNN(Cc2ccc(NC(=O)c3ccc(C)c(CCn4ccc5c4N=CCN5)c3)cc2C(F)(F)F)C=C1. The van der Waals surface area contributed by atoms with Crippen molar-refractivity contribution in [2.75, 3.05) is 17.2 Å². The molecular formula is C29H29F3N6O. The number of anilines is 2. The number of nitrogens with one attached hydrogen (secondary N) is 3. The summed E-state index contributed by atoms with van der Waals surface area (Å²) in [6, 6.07) is 11.2. The fourth-order valence-electron chi connectivity index (χ4n) is 4.56. The number of aliphatic imine (C=N–C) groups is 1. The van der Waals surface area contributed by atoms with Crippen LogP contribution >= 0.6 is 0 Å². The summed E-state index contributed by atoms with van der Waals surface area (Å²) in [5, 5.41) is 7.48. The maximum absolute atomic E-state index is 13.9. The van der Waals surface area contributed by atoms with Gasteiger partial charge in [0.15, 0.2) is 5.82 Å². The van der Waals surface area contributed by atoms with Crippen LogP contribution in [0.25, 0.3) is 0 Å². The second kappa shape index (κ2) is 10.7. The third kappa shape index (κ3) is 6.00. The van der Waals surface area contributed by atoms with Gasteiger partial charge in [-0.05, 0) is 78.9 Å². The van der Waals surface area contributed by atoms with E-state index < -0.39 is 17.6 Å². The second-order valence-electron chi connectivity index (χ2n) is 9.62. The highest BCUT2D eigenvalue weighted by Crippen LogP contribution is 2.35. The number of fused-ring (bicyclic) bond motifs is 1. The van der Waals surface area contributed by atoms with E-state index in [0.717, 1.165) is 34.3 Å². The average Bonchev–Trinajstić information content (AvgIpc) is 3.33. The smallest absolute Gasteiger partial charge is 0.377 e. The van der Waals surface area contributed by atoms with E-state index in [1.807, 2.05) is 44.5 Å². The zero-order valence-corrected chi connectivity index (χ0v) is 21.6. The van der Waals surface area contributed by atoms with Crippen LogP contribution in [-0.4, -0.2) is 28.2 Å². The Balaban J connectivity index is 1.30. The summed E-state index contributed by atoms with van der Waals surface area (Å²) in [5.41, 5.74) is 6.68. The molecule has 2 aliphatic rings. The summed E-state index contributed by atoms with van der Waals surface area (Å²) in [6.07, 6.45) is 5.12. The minimum absolute atomic E-state index is 0.0106. The molecule has 7 nitrogen and oxygen atoms in total. The number of benzene rings is 2. The molecule has 39 heavy (non-hydrogen) atoms. The molecule has 5 rings (SSSR count). The highest BCUT2D eigenvalue weighted by Gasteiger charge is 2.34. The molecule has 0 bridgehead atoms. The molecule has 0 fully saturated rings. The van der Waals surface area contributed by atoms with Gasteiger partial charge in [0.1, 0.15) is 0 Å². The van der Waals surface area contributed by atoms with Gasteiger partial charge in [-0.2, -0.15) is 13.2 Å². The number of allylic oxidation sites excluding steroid dienone is 2. The molecule has 2 aliphatic heterocycles. The minimum atomic E-state index is -4.57. The molecule has 0 saturated heterocycles. The molecule has 0 aliphatic carbocycles. The van der Waals surface area contributed by atoms with Crippen LogP contribution in [0.2, 0.25) is 0 Å². The molecule has 3 aromatic rings. The van der Waals surface area contributed by atoms with E-state index in [4.69, 9.17) is 0 Å². The van der Waals surface area contributed by atoms with E-state index in [2.05, 4.69) is 25.6 Å². The number of hydrazine groups is 1. The standard InChI is InChI=1S/C29H29F3N6O/c1-19-7-14-38(35-17-19)18-23-5-6-24(16-25(23)29(30,31)32)36-28(39)22-4-3-20(2)21(15-22)8-12-37-13-9-26-27(37)34-11-10-33-26/h3-7,9,11,13-17,33,35H,8,10,12,18H2,1-2H3,(H,36,39). The lowest BCUT2D eigenvalue weighted by Crippen LogP contribution is -2.31. The summed E-state index contributed by atoms with van der Waals surface area (Å²) in [6.45, 7) is 5.24. The summed E-state index contributed by atoms with van der Waals surface area (Å²) >= 11 is 0. The van der Waals surface area contributed by atoms with Gasteiger partial charge in [-0.1, -0.05) is 12.1 Å². The zero-order chi connectivity index (χ0) is 27.6. The lowest BCUT2D eigenvalue weighted by Gasteiger charge is -2.25. The number of hydrogen-bond acceptors (Lipinski definition) is 5. The normalized spacial score (nSPS) is 14.4. The topological polar surface area (TPSA) is 73.7 Å². The lowest BCUT2D eigenvalue weighted by atomic mass is 10.0. The number of amides is 1. The van der Waals surface area contributed by atoms with Crippen LogP contribution in [0.5, 0.6) is 0 Å². The number of nitrogens with zero attached hydrogens (tertiary/aromatic N) is 3. The van der Waals surface area contributed by atoms with Gasteiger partial charge in [0, 0.05) is 42.6 Å². The molecule has 1 amide bonds. The Morgan fingerprint density at radius 2 is 1.95 bits per heavy atom. The van der Waals surface area contributed by atoms with Gasteiger partial charge in [0.05, 0.1) is 24.3 Å². The highest BCUT2D eigenvalue weighted by atomic mass is 19.4. The van der Waals surface area contributed by atoms with E-state index >= 15 is 0 Å². The van der Waals surface area contributed by atoms with Gasteiger partial charge < -0.3 is 20.6 Å². The Morgan fingerprint density at radius 3 is 2.72 bits per heavy atom. The molecule has 3 heterocycles. The van der Waals surface area contributed by atoms with Crippen molar-refractivity contribution in [2.45, 2.75) is 39.5 Å². The largest absolute Gasteiger partial charge is 0.416 e. The van der Waals surface area contributed by atoms with Crippen molar-refractivity contribution in [2.24, 2.45) is 4.99 Å². The number of halogens is 3. The van der Waals surface area contributed by atoms with Crippen molar-refractivity contribution in [3.05, 3.63) is 101 Å². The van der Waals surface area contributed by atoms with Crippen LogP contribution in [0.1, 0.15) is 39.5 Å². The van der Waals surface area contributed by atoms with Crippen LogP contribution in [0.3, 0.4) is 0 Å². The van der Waals surface area contributed by atoms with Crippen LogP contribution in [0.4, 0.5) is 30.4 Å². The number of hydrogen-bond donors (Lipinski definition) is 3. The molecule has 1 aromatic heterocycles. The molecule has 2 aromatic carbocycles. The summed E-state index contributed by atoms with van der Waals surface area (Å²) in [7, 11) is 0. The summed E-state index contributed by atoms with van der Waals surface area (Å²) in [5.74, 6) is 0.404. The monoisotopic (exact) mass is 534 g/mol. The van der Waals surface area contributed by atoms with E-state index in [1.165, 1.54) is 12.1 Å². The first-order chi connectivity index (χ1) is 18.7. The first-order valence-electron chi connectivity index (χ1n) is 12.6. The predicted octanol–water partition coefficient (Wildman–Crippen LogP) is 6.18. The Morgan fingerprint density at radius 1 is 1.10 bits per heavy atom. The van der Waals surface area contributed by atoms with E-state index in [-0.39, 0.29) is 17.8 Å². The fourth-order valence-corrected chi connectivity index (χ4v) is 4.56. The maximum Gasteiger partial charge on any atom is 0.416 e. The number of rotatable bonds is 7. The predicted molar refractivity (Wildman–Crippen MR) is 147 cm³/mol. The summed E-state index contributed by atoms with van der Waals surface area (Å²) in [4.78, 5) is 17.5. The van der Waals surface area contributed by atoms with E-state index in [1.54, 1.807) is 29.5 Å². The summed E-state index contributed by atoms with van der Waals surface area (Å²) < 4.78 is 43.8. The van der Waals surface area contributed by atoms with Crippen molar-refractivity contribution in [1.29, 1.82) is 0 Å². The zero-order valence-electron chi connectivity index (χ0n) is 21.6. The average molecular weight is 535 g/mol. The fraction of sp³-hybridized carbons (Fsp3) is 0.241. The molecule has 10 heteroatoms. The molecule has 0 unspecified atom stereocenters. The Bertz CT molecular complexity index is 1480. The van der Waals surface area contributed by atoms with Gasteiger partial charge in [-0.15, -0.1) is 0 Å². The first kappa shape index (κ1) is 26.1. The Kier molecular flexibility index (Phi) is 7.19. The molecule has 0 atom stereocenters. The third-order valence-electron chi connectivity index (χ3n) is 6.75. The van der Waals surface area contributed by atoms with Crippen molar-refractivity contribution in [3.8, 4) is 0 Å². The highest BCUT2D eigenvalue weighted by molar-refractivity contribution is 6.04. The third-order valence-corrected chi connectivity index (χ3v) is 6.75. The van der Waals surface area contributed by atoms with E-state index in [0.29, 0.717) is 25.1 Å². The maximum atomic E-state index is 13.9. The minimum Gasteiger partial charge on any atom is -0.377 e. The van der Waals surface area contributed by atoms with Crippen molar-refractivity contribution in [3.63, 3.8) is 0 Å². The lowest BCUT2D eigenvalue weighted by molar-refractivity contribution is -0.138. The molecule has 0 radical (unpaired) electrons. The number of aryl methyl sites for hydroxylation is 3. The first-order valence-corrected chi connectivity index (χ1v) is 12.6. The molecular weight excluding hydrogens is 505 g/mol. The van der Waals surface area contributed by atoms with Crippen molar-refractivity contribution >= 4 is 29.3 Å². The molecule has 0 saturated carbocycles. The Labute approximate surface area is 224 Å². The number of alkyl halides is 3. The molecule has 3 N–H and O–H groups in total. The number of aromatic nitrogens is 1. The van der Waals surface area contributed by atoms with Crippen LogP contribution in [-0.2, 0) is 25.7 Å². The van der Waals surface area contributed by atoms with Crippen molar-refractivity contribution in [1.82, 2.24) is 15.0 Å². The van der Waals surface area contributed by atoms with Crippen molar-refractivity contribution < 1.29 is 18.0 Å². The quantitative estimate of drug-likeness (QED) is 0.339. The van der Waals surface area contributed by atoms with Gasteiger partial charge >= 0.3 is 6.18 Å². The second-order valence-corrected chi connectivity index (χ2v) is 9.62. The van der Waals surface area contributed by atoms with Crippen LogP contribution < -0.4 is 16.1 Å². The van der Waals surface area contributed by atoms with Gasteiger partial charge in [-0.3, -0.25) is 9.80 Å². The molecule has 0 spiro atoms. The van der Waals surface area contributed by atoms with Gasteiger partial charge in [-0.25, -0.2) is 4.99 Å². The molecule has 202 valence electrons. The van der Waals surface area contributed by atoms with Gasteiger partial charge in [0.2, 0.25) is 0 Å².